The summed E-state index contributed by atoms with van der Waals surface area (Å²) in [6, 6.07) is 2.07. The minimum absolute atomic E-state index is 0. The number of benzene rings is 1. The Bertz CT molecular complexity index is 967. The summed E-state index contributed by atoms with van der Waals surface area (Å²) in [4.78, 5) is 31.7. The molecule has 0 aliphatic heterocycles. The van der Waals surface area contributed by atoms with E-state index in [4.69, 9.17) is 20.1 Å². The minimum Gasteiger partial charge on any atom is -0.550 e. The molecule has 0 fully saturated rings. The third-order valence-corrected chi connectivity index (χ3v) is 9.71. The van der Waals surface area contributed by atoms with Gasteiger partial charge in [0.15, 0.2) is 17.2 Å². The molecule has 9 nitrogen and oxygen atoms in total. The maximum Gasteiger partial charge on any atom is 2.00 e. The van der Waals surface area contributed by atoms with Crippen molar-refractivity contribution in [3.8, 4) is 17.2 Å². The monoisotopic (exact) mass is 835 g/mol. The van der Waals surface area contributed by atoms with Crippen LogP contribution in [0, 0.1) is 0 Å². The Kier molecular flexibility index (Phi) is 46.8. The zero-order valence-electron chi connectivity index (χ0n) is 35.8. The smallest absolute Gasteiger partial charge is 0.550 e. The van der Waals surface area contributed by atoms with Gasteiger partial charge in [0.25, 0.3) is 0 Å². The topological polar surface area (TPSA) is 167 Å². The van der Waals surface area contributed by atoms with Gasteiger partial charge in [0.1, 0.15) is 0 Å². The van der Waals surface area contributed by atoms with Crippen LogP contribution in [0.5, 0.6) is 17.2 Å². The first-order chi connectivity index (χ1) is 26.6. The van der Waals surface area contributed by atoms with Gasteiger partial charge in [0, 0.05) is 11.9 Å². The molecule has 0 bridgehead atoms. The van der Waals surface area contributed by atoms with Gasteiger partial charge in [-0.15, -0.1) is 0 Å². The zero-order valence-corrected chi connectivity index (χ0v) is 36.9. The largest absolute Gasteiger partial charge is 2.00 e. The zero-order chi connectivity index (χ0) is 41.2. The maximum absolute atomic E-state index is 11.3. The number of ether oxygens (including phenoxy) is 1. The Morgan fingerprint density at radius 2 is 0.696 bits per heavy atom. The number of hydrogen-bond acceptors (Lipinski definition) is 9. The summed E-state index contributed by atoms with van der Waals surface area (Å²) in [6.45, 7) is 6.65. The van der Waals surface area contributed by atoms with Gasteiger partial charge in [-0.3, -0.25) is 0 Å². The number of aliphatic carboxylic acids is 2. The Balaban J connectivity index is -0.000000753. The van der Waals surface area contributed by atoms with Gasteiger partial charge in [0.2, 0.25) is 0 Å². The van der Waals surface area contributed by atoms with Crippen LogP contribution in [0.3, 0.4) is 0 Å². The number of carbonyl (C=O) groups excluding carboxylic acids is 3. The van der Waals surface area contributed by atoms with Crippen molar-refractivity contribution >= 4 is 17.9 Å². The van der Waals surface area contributed by atoms with Gasteiger partial charge in [0.05, 0.1) is 12.2 Å². The fraction of sp³-hybridized carbons (Fsp3) is 0.804. The van der Waals surface area contributed by atoms with Crippen molar-refractivity contribution < 1.29 is 61.7 Å². The third-order valence-electron chi connectivity index (χ3n) is 9.71. The van der Waals surface area contributed by atoms with Crippen LogP contribution >= 0.6 is 0 Å². The van der Waals surface area contributed by atoms with Gasteiger partial charge < -0.3 is 39.9 Å². The Labute approximate surface area is 352 Å². The Morgan fingerprint density at radius 1 is 0.446 bits per heavy atom. The Morgan fingerprint density at radius 3 is 0.929 bits per heavy atom. The summed E-state index contributed by atoms with van der Waals surface area (Å²) in [6.07, 6.45) is 40.4. The number of phenols is 3. The molecule has 1 aromatic rings. The number of unbranched alkanes of at least 4 members (excludes halogenated alkanes) is 28. The molecule has 56 heavy (non-hydrogen) atoms. The molecule has 1 rings (SSSR count). The van der Waals surface area contributed by atoms with Crippen LogP contribution in [0.1, 0.15) is 243 Å². The molecule has 0 atom stereocenters. The molecule has 0 aliphatic rings. The van der Waals surface area contributed by atoms with Crippen LogP contribution in [0.15, 0.2) is 12.1 Å². The van der Waals surface area contributed by atoms with E-state index in [1.54, 1.807) is 0 Å². The number of rotatable bonds is 35. The number of carbonyl (C=O) groups is 3. The molecule has 0 aromatic heterocycles. The molecule has 0 saturated heterocycles. The molecule has 328 valence electrons. The van der Waals surface area contributed by atoms with E-state index in [1.807, 2.05) is 6.92 Å². The molecule has 0 unspecified atom stereocenters. The number of carboxylic acid groups (broad SMARTS) is 2. The van der Waals surface area contributed by atoms with Gasteiger partial charge in [-0.25, -0.2) is 4.79 Å². The second-order valence-corrected chi connectivity index (χ2v) is 15.1. The van der Waals surface area contributed by atoms with Crippen LogP contribution in [-0.2, 0) is 31.4 Å². The molecule has 0 radical (unpaired) electrons. The summed E-state index contributed by atoms with van der Waals surface area (Å²) in [5.41, 5.74) is -0.00347. The molecular formula is C46H82FeO9. The van der Waals surface area contributed by atoms with E-state index in [1.165, 1.54) is 167 Å². The van der Waals surface area contributed by atoms with E-state index in [0.717, 1.165) is 37.8 Å². The molecule has 1 aromatic carbocycles. The van der Waals surface area contributed by atoms with Crippen molar-refractivity contribution in [2.45, 2.75) is 233 Å². The fourth-order valence-electron chi connectivity index (χ4n) is 6.28. The molecule has 0 saturated carbocycles. The summed E-state index contributed by atoms with van der Waals surface area (Å²) in [7, 11) is 0. The first-order valence-electron chi connectivity index (χ1n) is 22.4. The molecule has 0 spiro atoms. The maximum atomic E-state index is 11.3. The van der Waals surface area contributed by atoms with E-state index >= 15 is 0 Å². The summed E-state index contributed by atoms with van der Waals surface area (Å²) >= 11 is 0. The molecule has 0 heterocycles. The van der Waals surface area contributed by atoms with E-state index in [0.29, 0.717) is 6.42 Å². The average Bonchev–Trinajstić information content (AvgIpc) is 3.16. The first kappa shape index (κ1) is 57.9. The van der Waals surface area contributed by atoms with Crippen molar-refractivity contribution in [1.29, 1.82) is 0 Å². The van der Waals surface area contributed by atoms with E-state index in [2.05, 4.69) is 13.8 Å². The predicted octanol–water partition coefficient (Wildman–Crippen LogP) is 11.4. The van der Waals surface area contributed by atoms with Gasteiger partial charge in [-0.1, -0.05) is 201 Å². The van der Waals surface area contributed by atoms with Crippen LogP contribution in [0.2, 0.25) is 0 Å². The third kappa shape index (κ3) is 42.7. The first-order valence-corrected chi connectivity index (χ1v) is 22.4. The number of carboxylic acids is 2. The molecular weight excluding hydrogens is 752 g/mol. The molecule has 0 aliphatic carbocycles. The summed E-state index contributed by atoms with van der Waals surface area (Å²) in [5, 5.41) is 47.8. The van der Waals surface area contributed by atoms with Crippen LogP contribution < -0.4 is 10.2 Å². The fourth-order valence-corrected chi connectivity index (χ4v) is 6.28. The number of esters is 1. The van der Waals surface area contributed by atoms with Crippen molar-refractivity contribution in [2.75, 3.05) is 6.61 Å². The van der Waals surface area contributed by atoms with Crippen LogP contribution in [-0.4, -0.2) is 39.8 Å². The standard InChI is InChI=1S/2C18H36O2.C10H12O5.Fe/c2*1-2-3-4-5-6-7-8-9-10-11-12-13-14-15-16-17-18(19)20;1-2-3-15-10(14)6-4-7(11)9(13)8(12)5-6;/h2*2-17H2,1H3,(H,19,20);4-5,11-13H,2-3H2,1H3;/q;;;+2/p-2. The Hall–Kier alpha value is -2.45. The van der Waals surface area contributed by atoms with Gasteiger partial charge >= 0.3 is 23.0 Å². The second kappa shape index (κ2) is 45.3. The van der Waals surface area contributed by atoms with E-state index in [9.17, 15) is 24.6 Å². The molecule has 10 heteroatoms. The van der Waals surface area contributed by atoms with Crippen LogP contribution in [0.4, 0.5) is 0 Å². The van der Waals surface area contributed by atoms with E-state index in [-0.39, 0.29) is 42.1 Å². The van der Waals surface area contributed by atoms with Gasteiger partial charge in [-0.05, 0) is 44.2 Å². The van der Waals surface area contributed by atoms with Crippen LogP contribution in [0.25, 0.3) is 0 Å². The van der Waals surface area contributed by atoms with E-state index < -0.39 is 35.2 Å². The number of aromatic hydroxyl groups is 3. The quantitative estimate of drug-likeness (QED) is 0.0261. The predicted molar refractivity (Wildman–Crippen MR) is 221 cm³/mol. The summed E-state index contributed by atoms with van der Waals surface area (Å²) in [5.74, 6) is -4.22. The number of phenolic OH excluding ortho intramolecular Hbond substituents is 3. The molecule has 0 amide bonds. The normalized spacial score (nSPS) is 10.4. The SMILES string of the molecule is CCCCCCCCCCCCCCCCCC(=O)[O-].CCCCCCCCCCCCCCCCCC(=O)[O-].CCCOC(=O)c1cc(O)c(O)c(O)c1.[Fe+2]. The average molecular weight is 835 g/mol. The van der Waals surface area contributed by atoms with Crippen molar-refractivity contribution in [3.05, 3.63) is 17.7 Å². The summed E-state index contributed by atoms with van der Waals surface area (Å²) < 4.78 is 4.78. The van der Waals surface area contributed by atoms with Crippen molar-refractivity contribution in [2.24, 2.45) is 0 Å². The van der Waals surface area contributed by atoms with Gasteiger partial charge in [-0.2, -0.15) is 0 Å². The molecule has 3 N–H and O–H groups in total. The minimum atomic E-state index is -0.903. The van der Waals surface area contributed by atoms with Crippen molar-refractivity contribution in [1.82, 2.24) is 0 Å². The second-order valence-electron chi connectivity index (χ2n) is 15.1. The van der Waals surface area contributed by atoms with Crippen molar-refractivity contribution in [3.63, 3.8) is 0 Å². The number of hydrogen-bond donors (Lipinski definition) is 3.